The molecule has 2 aromatic rings. The average Bonchev–Trinajstić information content (AvgIpc) is 2.77. The molecule has 1 aliphatic heterocycles. The van der Waals surface area contributed by atoms with Crippen LogP contribution < -0.4 is 5.32 Å². The van der Waals surface area contributed by atoms with Gasteiger partial charge in [-0.05, 0) is 61.1 Å². The zero-order chi connectivity index (χ0) is 16.4. The van der Waals surface area contributed by atoms with Crippen molar-refractivity contribution in [2.45, 2.75) is 38.1 Å². The fourth-order valence-electron chi connectivity index (χ4n) is 3.63. The van der Waals surface area contributed by atoms with Crippen LogP contribution in [0.2, 0.25) is 0 Å². The maximum atomic E-state index is 12.3. The molecule has 1 aliphatic carbocycles. The van der Waals surface area contributed by atoms with Gasteiger partial charge in [-0.15, -0.1) is 0 Å². The molecule has 4 rings (SSSR count). The Morgan fingerprint density at radius 3 is 2.62 bits per heavy atom. The zero-order valence-corrected chi connectivity index (χ0v) is 13.9. The van der Waals surface area contributed by atoms with Crippen LogP contribution in [0.5, 0.6) is 0 Å². The summed E-state index contributed by atoms with van der Waals surface area (Å²) in [5.41, 5.74) is 4.11. The average molecular weight is 321 g/mol. The Kier molecular flexibility index (Phi) is 4.30. The molecule has 0 radical (unpaired) electrons. The largest absolute Gasteiger partial charge is 0.321 e. The third-order valence-electron chi connectivity index (χ3n) is 5.29. The molecular formula is C20H23N3O. The number of carbonyl (C=O) groups is 1. The SMILES string of the molecule is O=C(Nc1ccc2c(c1)CCN(C1CCC1)CC2)c1ccccn1. The van der Waals surface area contributed by atoms with E-state index < -0.39 is 0 Å². The monoisotopic (exact) mass is 321 g/mol. The van der Waals surface area contributed by atoms with E-state index >= 15 is 0 Å². The van der Waals surface area contributed by atoms with Crippen LogP contribution in [0.15, 0.2) is 42.6 Å². The van der Waals surface area contributed by atoms with Gasteiger partial charge in [-0.3, -0.25) is 14.7 Å². The van der Waals surface area contributed by atoms with Crippen molar-refractivity contribution < 1.29 is 4.79 Å². The molecule has 0 unspecified atom stereocenters. The number of hydrogen-bond acceptors (Lipinski definition) is 3. The van der Waals surface area contributed by atoms with Gasteiger partial charge < -0.3 is 5.32 Å². The molecule has 1 N–H and O–H groups in total. The Balaban J connectivity index is 1.46. The Labute approximate surface area is 142 Å². The number of hydrogen-bond donors (Lipinski definition) is 1. The molecule has 124 valence electrons. The zero-order valence-electron chi connectivity index (χ0n) is 13.9. The van der Waals surface area contributed by atoms with Gasteiger partial charge in [0.05, 0.1) is 0 Å². The van der Waals surface area contributed by atoms with Gasteiger partial charge in [0.15, 0.2) is 0 Å². The third-order valence-corrected chi connectivity index (χ3v) is 5.29. The van der Waals surface area contributed by atoms with Gasteiger partial charge in [-0.1, -0.05) is 18.6 Å². The van der Waals surface area contributed by atoms with E-state index in [1.54, 1.807) is 12.3 Å². The third kappa shape index (κ3) is 3.20. The number of fused-ring (bicyclic) bond motifs is 1. The van der Waals surface area contributed by atoms with Gasteiger partial charge in [0.1, 0.15) is 5.69 Å². The maximum Gasteiger partial charge on any atom is 0.274 e. The van der Waals surface area contributed by atoms with E-state index in [0.717, 1.165) is 37.7 Å². The summed E-state index contributed by atoms with van der Waals surface area (Å²) in [7, 11) is 0. The number of pyridine rings is 1. The molecule has 0 saturated heterocycles. The molecular weight excluding hydrogens is 298 g/mol. The minimum atomic E-state index is -0.153. The number of benzene rings is 1. The van der Waals surface area contributed by atoms with E-state index in [4.69, 9.17) is 0 Å². The fraction of sp³-hybridized carbons (Fsp3) is 0.400. The molecule has 1 amide bonds. The molecule has 1 fully saturated rings. The van der Waals surface area contributed by atoms with E-state index in [9.17, 15) is 4.79 Å². The van der Waals surface area contributed by atoms with Crippen molar-refractivity contribution in [3.8, 4) is 0 Å². The number of aromatic nitrogens is 1. The van der Waals surface area contributed by atoms with Crippen LogP contribution in [-0.4, -0.2) is 34.9 Å². The molecule has 0 atom stereocenters. The van der Waals surface area contributed by atoms with Gasteiger partial charge in [0, 0.05) is 31.0 Å². The quantitative estimate of drug-likeness (QED) is 0.943. The van der Waals surface area contributed by atoms with E-state index in [1.807, 2.05) is 18.2 Å². The highest BCUT2D eigenvalue weighted by Gasteiger charge is 2.26. The highest BCUT2D eigenvalue weighted by atomic mass is 16.1. The van der Waals surface area contributed by atoms with Crippen molar-refractivity contribution in [1.29, 1.82) is 0 Å². The maximum absolute atomic E-state index is 12.3. The number of anilines is 1. The molecule has 1 aromatic carbocycles. The predicted octanol–water partition coefficient (Wildman–Crippen LogP) is 3.29. The number of carbonyl (C=O) groups excluding carboxylic acids is 1. The first-order chi connectivity index (χ1) is 11.8. The summed E-state index contributed by atoms with van der Waals surface area (Å²) >= 11 is 0. The minimum Gasteiger partial charge on any atom is -0.321 e. The Morgan fingerprint density at radius 2 is 1.92 bits per heavy atom. The van der Waals surface area contributed by atoms with Crippen LogP contribution in [0.3, 0.4) is 0 Å². The van der Waals surface area contributed by atoms with Gasteiger partial charge in [0.25, 0.3) is 5.91 Å². The first kappa shape index (κ1) is 15.3. The van der Waals surface area contributed by atoms with Gasteiger partial charge in [0.2, 0.25) is 0 Å². The summed E-state index contributed by atoms with van der Waals surface area (Å²) in [6.07, 6.45) is 7.93. The van der Waals surface area contributed by atoms with E-state index in [-0.39, 0.29) is 5.91 Å². The molecule has 24 heavy (non-hydrogen) atoms. The number of rotatable bonds is 3. The summed E-state index contributed by atoms with van der Waals surface area (Å²) < 4.78 is 0. The summed E-state index contributed by atoms with van der Waals surface area (Å²) in [5.74, 6) is -0.153. The van der Waals surface area contributed by atoms with E-state index in [0.29, 0.717) is 5.69 Å². The minimum absolute atomic E-state index is 0.153. The highest BCUT2D eigenvalue weighted by molar-refractivity contribution is 6.02. The summed E-state index contributed by atoms with van der Waals surface area (Å²) in [6.45, 7) is 2.30. The molecule has 1 saturated carbocycles. The highest BCUT2D eigenvalue weighted by Crippen LogP contribution is 2.28. The molecule has 2 heterocycles. The molecule has 0 spiro atoms. The van der Waals surface area contributed by atoms with Crippen molar-refractivity contribution >= 4 is 11.6 Å². The van der Waals surface area contributed by atoms with Crippen LogP contribution >= 0.6 is 0 Å². The smallest absolute Gasteiger partial charge is 0.274 e. The van der Waals surface area contributed by atoms with Crippen LogP contribution in [0.1, 0.15) is 40.9 Å². The Hall–Kier alpha value is -2.20. The number of nitrogens with one attached hydrogen (secondary N) is 1. The lowest BCUT2D eigenvalue weighted by Crippen LogP contribution is -2.41. The van der Waals surface area contributed by atoms with Crippen LogP contribution in [0.25, 0.3) is 0 Å². The predicted molar refractivity (Wildman–Crippen MR) is 95.3 cm³/mol. The molecule has 0 bridgehead atoms. The lowest BCUT2D eigenvalue weighted by Gasteiger charge is -2.36. The lowest BCUT2D eigenvalue weighted by atomic mass is 9.91. The van der Waals surface area contributed by atoms with Crippen LogP contribution in [0, 0.1) is 0 Å². The first-order valence-electron chi connectivity index (χ1n) is 8.88. The number of nitrogens with zero attached hydrogens (tertiary/aromatic N) is 2. The van der Waals surface area contributed by atoms with Crippen molar-refractivity contribution in [3.05, 3.63) is 59.4 Å². The second-order valence-electron chi connectivity index (χ2n) is 6.77. The number of amides is 1. The molecule has 2 aliphatic rings. The van der Waals surface area contributed by atoms with Gasteiger partial charge >= 0.3 is 0 Å². The fourth-order valence-corrected chi connectivity index (χ4v) is 3.63. The molecule has 4 heteroatoms. The summed E-state index contributed by atoms with van der Waals surface area (Å²) in [4.78, 5) is 19.0. The molecule has 4 nitrogen and oxygen atoms in total. The van der Waals surface area contributed by atoms with Gasteiger partial charge in [-0.2, -0.15) is 0 Å². The van der Waals surface area contributed by atoms with E-state index in [2.05, 4.69) is 27.3 Å². The molecule has 1 aromatic heterocycles. The van der Waals surface area contributed by atoms with Crippen molar-refractivity contribution in [3.63, 3.8) is 0 Å². The van der Waals surface area contributed by atoms with Crippen molar-refractivity contribution in [2.24, 2.45) is 0 Å². The van der Waals surface area contributed by atoms with E-state index in [1.165, 1.54) is 30.4 Å². The summed E-state index contributed by atoms with van der Waals surface area (Å²) in [6, 6.07) is 12.5. The van der Waals surface area contributed by atoms with Crippen LogP contribution in [-0.2, 0) is 12.8 Å². The van der Waals surface area contributed by atoms with Gasteiger partial charge in [-0.25, -0.2) is 0 Å². The summed E-state index contributed by atoms with van der Waals surface area (Å²) in [5, 5.41) is 2.97. The van der Waals surface area contributed by atoms with Crippen LogP contribution in [0.4, 0.5) is 5.69 Å². The second kappa shape index (κ2) is 6.73. The normalized spacial score (nSPS) is 18.3. The van der Waals surface area contributed by atoms with Crippen molar-refractivity contribution in [1.82, 2.24) is 9.88 Å². The Morgan fingerprint density at radius 1 is 1.08 bits per heavy atom. The lowest BCUT2D eigenvalue weighted by molar-refractivity contribution is 0.102. The van der Waals surface area contributed by atoms with Crippen molar-refractivity contribution in [2.75, 3.05) is 18.4 Å². The standard InChI is InChI=1S/C20H23N3O/c24-20(19-6-1-2-11-21-19)22-17-8-7-15-9-12-23(18-4-3-5-18)13-10-16(15)14-17/h1-2,6-8,11,14,18H,3-5,9-10,12-13H2,(H,22,24). The first-order valence-corrected chi connectivity index (χ1v) is 8.88. The topological polar surface area (TPSA) is 45.2 Å². The second-order valence-corrected chi connectivity index (χ2v) is 6.77. The Bertz CT molecular complexity index is 725.